The van der Waals surface area contributed by atoms with E-state index in [1.165, 1.54) is 36.1 Å². The fraction of sp³-hybridized carbons (Fsp3) is 0.304. The summed E-state index contributed by atoms with van der Waals surface area (Å²) < 4.78 is 55.5. The van der Waals surface area contributed by atoms with Crippen molar-refractivity contribution in [3.05, 3.63) is 63.2 Å². The third kappa shape index (κ3) is 4.53. The standard InChI is InChI=1S/C23H19ClF4N4O4/c1-2-16(23(26,27)28)29-21(35)12-10-32(18-13(24)4-3-5-14(18)25)20-11(19(12)34)6-7-17(30-20)31-9-8-15(33)22(31)36/h3-7,10,15-16,33H,2,8-9H2,1H3,(H,29,35). The molecule has 3 heterocycles. The molecule has 2 amide bonds. The van der Waals surface area contributed by atoms with Gasteiger partial charge in [-0.1, -0.05) is 24.6 Å². The summed E-state index contributed by atoms with van der Waals surface area (Å²) in [6, 6.07) is 4.02. The number of aliphatic hydroxyl groups excluding tert-OH is 1. The van der Waals surface area contributed by atoms with E-state index in [2.05, 4.69) is 4.98 Å². The van der Waals surface area contributed by atoms with Crippen LogP contribution in [0.2, 0.25) is 5.02 Å². The van der Waals surface area contributed by atoms with Crippen LogP contribution in [0.4, 0.5) is 23.4 Å². The van der Waals surface area contributed by atoms with Crippen LogP contribution in [0.15, 0.2) is 41.3 Å². The number of pyridine rings is 2. The molecule has 0 spiro atoms. The summed E-state index contributed by atoms with van der Waals surface area (Å²) in [6.45, 7) is 1.36. The Bertz CT molecular complexity index is 1410. The van der Waals surface area contributed by atoms with Gasteiger partial charge in [0, 0.05) is 19.2 Å². The highest BCUT2D eigenvalue weighted by molar-refractivity contribution is 6.32. The van der Waals surface area contributed by atoms with E-state index < -0.39 is 53.4 Å². The minimum atomic E-state index is -4.75. The third-order valence-corrected chi connectivity index (χ3v) is 6.13. The van der Waals surface area contributed by atoms with Crippen molar-refractivity contribution in [3.8, 4) is 5.69 Å². The molecule has 0 saturated carbocycles. The topological polar surface area (TPSA) is 105 Å². The fourth-order valence-electron chi connectivity index (χ4n) is 3.94. The Kier molecular flexibility index (Phi) is 6.76. The van der Waals surface area contributed by atoms with Crippen molar-refractivity contribution >= 4 is 40.3 Å². The first kappa shape index (κ1) is 25.6. The van der Waals surface area contributed by atoms with Gasteiger partial charge in [-0.05, 0) is 30.7 Å². The monoisotopic (exact) mass is 526 g/mol. The van der Waals surface area contributed by atoms with Gasteiger partial charge in [-0.15, -0.1) is 0 Å². The molecule has 2 atom stereocenters. The number of anilines is 1. The number of rotatable bonds is 5. The second-order valence-corrected chi connectivity index (χ2v) is 8.53. The first-order chi connectivity index (χ1) is 16.9. The van der Waals surface area contributed by atoms with Crippen molar-refractivity contribution in [1.82, 2.24) is 14.9 Å². The van der Waals surface area contributed by atoms with Crippen LogP contribution < -0.4 is 15.6 Å². The maximum absolute atomic E-state index is 14.9. The number of benzene rings is 1. The quantitative estimate of drug-likeness (QED) is 0.496. The Morgan fingerprint density at radius 1 is 1.28 bits per heavy atom. The van der Waals surface area contributed by atoms with E-state index >= 15 is 0 Å². The number of halogens is 5. The van der Waals surface area contributed by atoms with Gasteiger partial charge < -0.3 is 10.4 Å². The number of carbonyl (C=O) groups is 2. The average molecular weight is 527 g/mol. The molecule has 3 aromatic rings. The summed E-state index contributed by atoms with van der Waals surface area (Å²) in [5.41, 5.74) is -2.14. The lowest BCUT2D eigenvalue weighted by molar-refractivity contribution is -0.153. The van der Waals surface area contributed by atoms with Crippen LogP contribution in [0.3, 0.4) is 0 Å². The van der Waals surface area contributed by atoms with Crippen molar-refractivity contribution in [2.24, 2.45) is 0 Å². The van der Waals surface area contributed by atoms with E-state index in [1.54, 1.807) is 5.32 Å². The van der Waals surface area contributed by atoms with E-state index in [0.29, 0.717) is 0 Å². The van der Waals surface area contributed by atoms with Crippen LogP contribution in [0.1, 0.15) is 30.1 Å². The van der Waals surface area contributed by atoms with E-state index in [-0.39, 0.29) is 40.5 Å². The first-order valence-electron chi connectivity index (χ1n) is 10.8. The third-order valence-electron chi connectivity index (χ3n) is 5.82. The Morgan fingerprint density at radius 3 is 2.58 bits per heavy atom. The fourth-order valence-corrected chi connectivity index (χ4v) is 4.19. The van der Waals surface area contributed by atoms with E-state index in [0.717, 1.165) is 16.8 Å². The molecule has 1 saturated heterocycles. The molecular weight excluding hydrogens is 508 g/mol. The minimum absolute atomic E-state index is 0.0463. The highest BCUT2D eigenvalue weighted by Crippen LogP contribution is 2.29. The summed E-state index contributed by atoms with van der Waals surface area (Å²) in [4.78, 5) is 43.7. The SMILES string of the molecule is CCC(NC(=O)c1cn(-c2c(F)cccc2Cl)c2nc(N3CCC(O)C3=O)ccc2c1=O)C(F)(F)F. The molecule has 0 bridgehead atoms. The lowest BCUT2D eigenvalue weighted by Crippen LogP contribution is -2.46. The number of amides is 2. The Morgan fingerprint density at radius 2 is 2.00 bits per heavy atom. The highest BCUT2D eigenvalue weighted by Gasteiger charge is 2.40. The van der Waals surface area contributed by atoms with E-state index in [9.17, 15) is 37.1 Å². The zero-order valence-corrected chi connectivity index (χ0v) is 19.4. The van der Waals surface area contributed by atoms with E-state index in [1.807, 2.05) is 0 Å². The number of nitrogens with zero attached hydrogens (tertiary/aromatic N) is 3. The summed E-state index contributed by atoms with van der Waals surface area (Å²) >= 11 is 6.20. The van der Waals surface area contributed by atoms with E-state index in [4.69, 9.17) is 11.6 Å². The molecular formula is C23H19ClF4N4O4. The van der Waals surface area contributed by atoms with Crippen molar-refractivity contribution in [2.45, 2.75) is 38.1 Å². The van der Waals surface area contributed by atoms with Crippen LogP contribution in [0, 0.1) is 5.82 Å². The van der Waals surface area contributed by atoms with Gasteiger partial charge in [0.2, 0.25) is 5.43 Å². The van der Waals surface area contributed by atoms with Crippen molar-refractivity contribution in [3.63, 3.8) is 0 Å². The van der Waals surface area contributed by atoms with Gasteiger partial charge in [0.1, 0.15) is 35.0 Å². The van der Waals surface area contributed by atoms with Gasteiger partial charge >= 0.3 is 6.18 Å². The van der Waals surface area contributed by atoms with Gasteiger partial charge in [0.15, 0.2) is 5.65 Å². The summed E-state index contributed by atoms with van der Waals surface area (Å²) in [5, 5.41) is 11.2. The first-order valence-corrected chi connectivity index (χ1v) is 11.2. The van der Waals surface area contributed by atoms with Gasteiger partial charge in [0.05, 0.1) is 10.4 Å². The average Bonchev–Trinajstić information content (AvgIpc) is 3.15. The number of hydrogen-bond donors (Lipinski definition) is 2. The molecule has 36 heavy (non-hydrogen) atoms. The number of carbonyl (C=O) groups excluding carboxylic acids is 2. The molecule has 0 radical (unpaired) electrons. The summed E-state index contributed by atoms with van der Waals surface area (Å²) in [5.74, 6) is -2.74. The zero-order valence-electron chi connectivity index (χ0n) is 18.6. The van der Waals surface area contributed by atoms with Gasteiger partial charge in [-0.3, -0.25) is 23.9 Å². The predicted octanol–water partition coefficient (Wildman–Crippen LogP) is 3.35. The van der Waals surface area contributed by atoms with Crippen molar-refractivity contribution < 1.29 is 32.3 Å². The Hall–Kier alpha value is -3.51. The zero-order chi connectivity index (χ0) is 26.4. The molecule has 0 aliphatic carbocycles. The van der Waals surface area contributed by atoms with Crippen LogP contribution in [0.25, 0.3) is 16.7 Å². The second kappa shape index (κ2) is 9.51. The normalized spacial score (nSPS) is 17.0. The van der Waals surface area contributed by atoms with Crippen LogP contribution in [-0.4, -0.2) is 51.3 Å². The number of fused-ring (bicyclic) bond motifs is 1. The summed E-state index contributed by atoms with van der Waals surface area (Å²) in [6.07, 6.45) is -5.43. The summed E-state index contributed by atoms with van der Waals surface area (Å²) in [7, 11) is 0. The van der Waals surface area contributed by atoms with Gasteiger partial charge in [-0.2, -0.15) is 13.2 Å². The molecule has 8 nitrogen and oxygen atoms in total. The maximum atomic E-state index is 14.9. The molecule has 2 aromatic heterocycles. The smallest absolute Gasteiger partial charge is 0.383 e. The number of aliphatic hydroxyl groups is 1. The van der Waals surface area contributed by atoms with Crippen molar-refractivity contribution in [2.75, 3.05) is 11.4 Å². The van der Waals surface area contributed by atoms with Crippen LogP contribution in [0.5, 0.6) is 0 Å². The Labute approximate surface area is 206 Å². The largest absolute Gasteiger partial charge is 0.408 e. The molecule has 4 rings (SSSR count). The second-order valence-electron chi connectivity index (χ2n) is 8.12. The lowest BCUT2D eigenvalue weighted by atomic mass is 10.1. The molecule has 1 aromatic carbocycles. The molecule has 2 N–H and O–H groups in total. The maximum Gasteiger partial charge on any atom is 0.408 e. The molecule has 1 aliphatic heterocycles. The van der Waals surface area contributed by atoms with Crippen molar-refractivity contribution in [1.29, 1.82) is 0 Å². The molecule has 2 unspecified atom stereocenters. The number of nitrogens with one attached hydrogen (secondary N) is 1. The molecule has 190 valence electrons. The number of para-hydroxylation sites is 1. The number of hydrogen-bond acceptors (Lipinski definition) is 5. The Balaban J connectivity index is 1.95. The van der Waals surface area contributed by atoms with Gasteiger partial charge in [-0.25, -0.2) is 9.37 Å². The lowest BCUT2D eigenvalue weighted by Gasteiger charge is -2.21. The van der Waals surface area contributed by atoms with Crippen LogP contribution >= 0.6 is 11.6 Å². The molecule has 1 aliphatic rings. The number of aromatic nitrogens is 2. The van der Waals surface area contributed by atoms with Gasteiger partial charge in [0.25, 0.3) is 11.8 Å². The van der Waals surface area contributed by atoms with Crippen LogP contribution in [-0.2, 0) is 4.79 Å². The molecule has 13 heteroatoms. The number of alkyl halides is 3. The minimum Gasteiger partial charge on any atom is -0.383 e. The predicted molar refractivity (Wildman–Crippen MR) is 123 cm³/mol. The highest BCUT2D eigenvalue weighted by atomic mass is 35.5. The molecule has 1 fully saturated rings.